The third kappa shape index (κ3) is 85.0. The predicted molar refractivity (Wildman–Crippen MR) is 29.1 cm³/mol. The first-order chi connectivity index (χ1) is 2.00. The van der Waals surface area contributed by atoms with Gasteiger partial charge in [-0.15, -0.1) is 0 Å². The van der Waals surface area contributed by atoms with Crippen LogP contribution in [0.5, 0.6) is 0 Å². The maximum Gasteiger partial charge on any atom is 2.00 e. The quantitative estimate of drug-likeness (QED) is 0.346. The van der Waals surface area contributed by atoms with Crippen LogP contribution in [-0.2, 0) is 0 Å². The zero-order chi connectivity index (χ0) is 4.50. The molecule has 0 spiro atoms. The Balaban J connectivity index is -0.0000000800. The van der Waals surface area contributed by atoms with Crippen molar-refractivity contribution in [2.75, 3.05) is 0 Å². The van der Waals surface area contributed by atoms with E-state index < -0.39 is 8.32 Å². The second kappa shape index (κ2) is 5.86. The van der Waals surface area contributed by atoms with Gasteiger partial charge in [0.25, 0.3) is 0 Å². The molecule has 0 saturated heterocycles. The van der Waals surface area contributed by atoms with Crippen molar-refractivity contribution in [2.24, 2.45) is 0 Å². The molecule has 1 nitrogen and oxygen atoms in total. The molecular weight excluding hydrogens is 156 g/mol. The maximum atomic E-state index is 10.2. The van der Waals surface area contributed by atoms with Crippen molar-refractivity contribution in [2.45, 2.75) is 19.6 Å². The zero-order valence-electron chi connectivity index (χ0n) is 4.99. The fourth-order valence-electron chi connectivity index (χ4n) is 0. The van der Waals surface area contributed by atoms with E-state index in [4.69, 9.17) is 0 Å². The molecule has 0 radical (unpaired) electrons. The number of hydrogen-bond donors (Lipinski definition) is 0. The van der Waals surface area contributed by atoms with E-state index in [-0.39, 0.29) is 50.1 Å². The second-order valence-electron chi connectivity index (χ2n) is 2.11. The van der Waals surface area contributed by atoms with Crippen molar-refractivity contribution >= 4 is 46.1 Å². The van der Waals surface area contributed by atoms with E-state index in [0.29, 0.717) is 0 Å². The first-order valence-electron chi connectivity index (χ1n) is 1.70. The summed E-state index contributed by atoms with van der Waals surface area (Å²) >= 11 is 0. The molecular formula is C3H9CaClOSi. The Morgan fingerprint density at radius 1 is 1.14 bits per heavy atom. The van der Waals surface area contributed by atoms with E-state index in [9.17, 15) is 4.80 Å². The van der Waals surface area contributed by atoms with Gasteiger partial charge in [0.1, 0.15) is 0 Å². The smallest absolute Gasteiger partial charge is 1.00 e. The molecule has 0 rings (SSSR count). The molecule has 0 aromatic rings. The Kier molecular flexibility index (Phi) is 13.3. The van der Waals surface area contributed by atoms with Crippen molar-refractivity contribution in [3.05, 3.63) is 0 Å². The van der Waals surface area contributed by atoms with Gasteiger partial charge in [0, 0.05) is 0 Å². The molecule has 0 aliphatic heterocycles. The van der Waals surface area contributed by atoms with Crippen LogP contribution in [0.2, 0.25) is 19.6 Å². The van der Waals surface area contributed by atoms with Crippen LogP contribution in [0.4, 0.5) is 0 Å². The largest absolute Gasteiger partial charge is 2.00 e. The summed E-state index contributed by atoms with van der Waals surface area (Å²) in [5, 5.41) is 0. The van der Waals surface area contributed by atoms with Gasteiger partial charge in [-0.05, 0) is 0 Å². The summed E-state index contributed by atoms with van der Waals surface area (Å²) in [5.41, 5.74) is 0. The summed E-state index contributed by atoms with van der Waals surface area (Å²) in [4.78, 5) is 10.2. The Morgan fingerprint density at radius 3 is 1.14 bits per heavy atom. The van der Waals surface area contributed by atoms with Crippen LogP contribution in [0.25, 0.3) is 0 Å². The first kappa shape index (κ1) is 15.9. The molecule has 0 aliphatic rings. The minimum Gasteiger partial charge on any atom is -1.00 e. The number of halogens is 1. The van der Waals surface area contributed by atoms with Gasteiger partial charge in [-0.1, -0.05) is 28.0 Å². The SMILES string of the molecule is C[Si](C)(C)[O-].[Ca+2].[Cl-]. The molecule has 0 fully saturated rings. The predicted octanol–water partition coefficient (Wildman–Crippen LogP) is -3.20. The molecule has 0 atom stereocenters. The van der Waals surface area contributed by atoms with Gasteiger partial charge in [-0.3, -0.25) is 0 Å². The topological polar surface area (TPSA) is 23.1 Å². The van der Waals surface area contributed by atoms with E-state index in [1.165, 1.54) is 0 Å². The van der Waals surface area contributed by atoms with Crippen molar-refractivity contribution in [3.63, 3.8) is 0 Å². The van der Waals surface area contributed by atoms with Crippen molar-refractivity contribution in [1.29, 1.82) is 0 Å². The molecule has 0 aliphatic carbocycles. The van der Waals surface area contributed by atoms with E-state index in [1.54, 1.807) is 19.6 Å². The first-order valence-corrected chi connectivity index (χ1v) is 5.11. The van der Waals surface area contributed by atoms with Crippen LogP contribution in [0.3, 0.4) is 0 Å². The fraction of sp³-hybridized carbons (Fsp3) is 1.00. The average Bonchev–Trinajstić information content (AvgIpc) is 0.722. The summed E-state index contributed by atoms with van der Waals surface area (Å²) < 4.78 is 0. The molecule has 0 unspecified atom stereocenters. The third-order valence-electron chi connectivity index (χ3n) is 0. The molecule has 0 amide bonds. The van der Waals surface area contributed by atoms with E-state index in [0.717, 1.165) is 0 Å². The number of hydrogen-bond acceptors (Lipinski definition) is 1. The summed E-state index contributed by atoms with van der Waals surface area (Å²) in [6, 6.07) is 0. The Labute approximate surface area is 82.0 Å². The van der Waals surface area contributed by atoms with Gasteiger partial charge in [-0.2, -0.15) is 0 Å². The molecule has 0 aromatic heterocycles. The zero-order valence-corrected chi connectivity index (χ0v) is 8.96. The van der Waals surface area contributed by atoms with Crippen LogP contribution in [0, 0.1) is 0 Å². The normalized spacial score (nSPS) is 8.57. The summed E-state index contributed by atoms with van der Waals surface area (Å²) in [7, 11) is -1.86. The van der Waals surface area contributed by atoms with Gasteiger partial charge >= 0.3 is 37.7 Å². The monoisotopic (exact) mass is 164 g/mol. The van der Waals surface area contributed by atoms with E-state index in [2.05, 4.69) is 0 Å². The summed E-state index contributed by atoms with van der Waals surface area (Å²) in [5.74, 6) is 0. The Bertz CT molecular complexity index is 30.4. The average molecular weight is 165 g/mol. The molecule has 0 aromatic carbocycles. The molecule has 0 bridgehead atoms. The van der Waals surface area contributed by atoms with Gasteiger partial charge in [0.05, 0.1) is 0 Å². The van der Waals surface area contributed by atoms with Gasteiger partial charge in [-0.25, -0.2) is 0 Å². The maximum absolute atomic E-state index is 10.2. The summed E-state index contributed by atoms with van der Waals surface area (Å²) in [6.07, 6.45) is 0. The van der Waals surface area contributed by atoms with E-state index >= 15 is 0 Å². The minimum absolute atomic E-state index is 0. The Morgan fingerprint density at radius 2 is 1.14 bits per heavy atom. The molecule has 40 valence electrons. The van der Waals surface area contributed by atoms with Gasteiger partial charge < -0.3 is 17.2 Å². The standard InChI is InChI=1S/C3H9OSi.Ca.ClH/c1-5(2,3)4;;/h1-3H3;;1H/q-1;+2;/p-1. The Hall–Kier alpha value is 1.73. The van der Waals surface area contributed by atoms with Gasteiger partial charge in [0.15, 0.2) is 0 Å². The van der Waals surface area contributed by atoms with Crippen LogP contribution >= 0.6 is 0 Å². The molecule has 0 heterocycles. The van der Waals surface area contributed by atoms with Crippen molar-refractivity contribution in [1.82, 2.24) is 0 Å². The molecule has 0 N–H and O–H groups in total. The van der Waals surface area contributed by atoms with Crippen LogP contribution in [0.1, 0.15) is 0 Å². The van der Waals surface area contributed by atoms with Gasteiger partial charge in [0.2, 0.25) is 0 Å². The number of rotatable bonds is 0. The van der Waals surface area contributed by atoms with Crippen molar-refractivity contribution in [3.8, 4) is 0 Å². The third-order valence-corrected chi connectivity index (χ3v) is 0. The van der Waals surface area contributed by atoms with Crippen LogP contribution < -0.4 is 17.2 Å². The fourth-order valence-corrected chi connectivity index (χ4v) is 0. The van der Waals surface area contributed by atoms with Crippen molar-refractivity contribution < 1.29 is 17.2 Å². The second-order valence-corrected chi connectivity index (χ2v) is 6.34. The molecule has 7 heavy (non-hydrogen) atoms. The summed E-state index contributed by atoms with van der Waals surface area (Å²) in [6.45, 7) is 5.31. The van der Waals surface area contributed by atoms with Crippen LogP contribution in [0.15, 0.2) is 0 Å². The van der Waals surface area contributed by atoms with Crippen LogP contribution in [-0.4, -0.2) is 46.1 Å². The van der Waals surface area contributed by atoms with E-state index in [1.807, 2.05) is 0 Å². The molecule has 4 heteroatoms. The molecule has 0 saturated carbocycles. The minimum atomic E-state index is -1.86.